The van der Waals surface area contributed by atoms with Crippen molar-refractivity contribution in [3.8, 4) is 11.4 Å². The minimum Gasteiger partial charge on any atom is -0.495 e. The van der Waals surface area contributed by atoms with Gasteiger partial charge in [-0.2, -0.15) is 0 Å². The number of hydrogen-bond acceptors (Lipinski definition) is 5. The van der Waals surface area contributed by atoms with E-state index in [2.05, 4.69) is 9.71 Å². The van der Waals surface area contributed by atoms with Gasteiger partial charge in [0.15, 0.2) is 5.16 Å². The Balaban J connectivity index is 1.63. The number of sulfonamides is 1. The van der Waals surface area contributed by atoms with E-state index in [0.29, 0.717) is 32.5 Å². The molecule has 0 radical (unpaired) electrons. The Hall–Kier alpha value is -3.03. The first-order chi connectivity index (χ1) is 21.0. The lowest BCUT2D eigenvalue weighted by molar-refractivity contribution is -0.870. The predicted octanol–water partition coefficient (Wildman–Crippen LogP) is 6.94. The van der Waals surface area contributed by atoms with Crippen molar-refractivity contribution in [1.82, 2.24) is 14.3 Å². The Labute approximate surface area is 272 Å². The molecule has 1 N–H and O–H groups in total. The number of rotatable bonds is 13. The van der Waals surface area contributed by atoms with Crippen molar-refractivity contribution in [2.45, 2.75) is 41.5 Å². The summed E-state index contributed by atoms with van der Waals surface area (Å²) in [6.45, 7) is 4.82. The fourth-order valence-electron chi connectivity index (χ4n) is 4.77. The number of halogens is 4. The van der Waals surface area contributed by atoms with Gasteiger partial charge in [0.2, 0.25) is 10.0 Å². The number of nitrogens with zero attached hydrogens (tertiary/aromatic N) is 3. The van der Waals surface area contributed by atoms with Crippen LogP contribution in [0, 0.1) is 17.5 Å². The third-order valence-electron chi connectivity index (χ3n) is 7.40. The van der Waals surface area contributed by atoms with Crippen LogP contribution in [-0.4, -0.2) is 63.8 Å². The van der Waals surface area contributed by atoms with Crippen LogP contribution in [0.3, 0.4) is 0 Å². The zero-order valence-corrected chi connectivity index (χ0v) is 28.4. The van der Waals surface area contributed by atoms with Gasteiger partial charge >= 0.3 is 0 Å². The van der Waals surface area contributed by atoms with E-state index in [9.17, 15) is 12.8 Å². The van der Waals surface area contributed by atoms with Crippen LogP contribution in [0.2, 0.25) is 5.02 Å². The molecule has 0 spiro atoms. The highest BCUT2D eigenvalue weighted by Crippen LogP contribution is 2.39. The van der Waals surface area contributed by atoms with E-state index in [1.165, 1.54) is 19.2 Å². The number of ether oxygens (including phenoxy) is 1. The molecule has 0 unspecified atom stereocenters. The summed E-state index contributed by atoms with van der Waals surface area (Å²) in [5.41, 5.74) is 1.21. The second kappa shape index (κ2) is 13.8. The van der Waals surface area contributed by atoms with Crippen LogP contribution in [0.25, 0.3) is 5.69 Å². The molecule has 0 saturated carbocycles. The maximum Gasteiger partial charge on any atom is 0.240 e. The highest BCUT2D eigenvalue weighted by molar-refractivity contribution is 7.98. The van der Waals surface area contributed by atoms with Gasteiger partial charge in [0, 0.05) is 35.4 Å². The molecule has 4 aromatic rings. The molecule has 0 aliphatic carbocycles. The zero-order chi connectivity index (χ0) is 33.2. The van der Waals surface area contributed by atoms with E-state index >= 15 is 8.78 Å². The molecule has 0 bridgehead atoms. The quantitative estimate of drug-likeness (QED) is 0.0940. The van der Waals surface area contributed by atoms with Crippen LogP contribution in [0.5, 0.6) is 5.75 Å². The maximum atomic E-state index is 15.2. The minimum atomic E-state index is -4.11. The van der Waals surface area contributed by atoms with E-state index in [-0.39, 0.29) is 17.9 Å². The summed E-state index contributed by atoms with van der Waals surface area (Å²) in [6.07, 6.45) is 2.23. The number of benzene rings is 3. The summed E-state index contributed by atoms with van der Waals surface area (Å²) in [6, 6.07) is 12.9. The lowest BCUT2D eigenvalue weighted by Crippen LogP contribution is -2.37. The highest BCUT2D eigenvalue weighted by Gasteiger charge is 2.30. The van der Waals surface area contributed by atoms with Crippen LogP contribution in [0.4, 0.5) is 13.2 Å². The molecular weight excluding hydrogens is 645 g/mol. The highest BCUT2D eigenvalue weighted by atomic mass is 35.5. The lowest BCUT2D eigenvalue weighted by Gasteiger charge is -2.28. The molecule has 3 aromatic carbocycles. The maximum absolute atomic E-state index is 15.2. The van der Waals surface area contributed by atoms with Gasteiger partial charge in [-0.1, -0.05) is 43.3 Å². The number of nitrogens with one attached hydrogen (secondary N) is 1. The molecule has 45 heavy (non-hydrogen) atoms. The fraction of sp³-hybridized carbons (Fsp3) is 0.344. The molecule has 1 aromatic heterocycles. The normalized spacial score (nSPS) is 12.5. The van der Waals surface area contributed by atoms with Gasteiger partial charge in [-0.05, 0) is 54.1 Å². The van der Waals surface area contributed by atoms with Crippen molar-refractivity contribution in [1.29, 1.82) is 0 Å². The van der Waals surface area contributed by atoms with Crippen molar-refractivity contribution in [3.05, 3.63) is 100 Å². The minimum absolute atomic E-state index is 0.145. The first-order valence-electron chi connectivity index (χ1n) is 14.1. The Morgan fingerprint density at radius 3 is 2.24 bits per heavy atom. The standard InChI is InChI=1S/C32H37ClF3N4O3S2/c1-32(2,21-8-13-29(43-6)26(33)16-21)30-19-37-31(39(30)23-11-9-22(34)10-12-23)44-20-25-27(35)17-24(18-28(25)36)45(41,42)38-14-7-15-40(3,4)5/h8-13,16-19,38H,7,14-15,20H2,1-6H3/q+1. The van der Waals surface area contributed by atoms with Gasteiger partial charge < -0.3 is 9.22 Å². The second-order valence-corrected chi connectivity index (χ2v) is 15.2. The summed E-state index contributed by atoms with van der Waals surface area (Å²) in [5, 5.41) is 0.833. The van der Waals surface area contributed by atoms with Crippen LogP contribution in [0.15, 0.2) is 70.8 Å². The van der Waals surface area contributed by atoms with E-state index in [0.717, 1.165) is 41.7 Å². The summed E-state index contributed by atoms with van der Waals surface area (Å²) in [5.74, 6) is -2.04. The molecule has 0 aliphatic rings. The Bertz CT molecular complexity index is 1750. The molecule has 0 saturated heterocycles. The molecule has 13 heteroatoms. The van der Waals surface area contributed by atoms with Crippen LogP contribution < -0.4 is 9.46 Å². The number of thioether (sulfide) groups is 1. The monoisotopic (exact) mass is 681 g/mol. The summed E-state index contributed by atoms with van der Waals surface area (Å²) in [4.78, 5) is 4.10. The topological polar surface area (TPSA) is 73.2 Å². The van der Waals surface area contributed by atoms with Crippen molar-refractivity contribution in [3.63, 3.8) is 0 Å². The number of imidazole rings is 1. The molecule has 0 amide bonds. The lowest BCUT2D eigenvalue weighted by atomic mass is 9.81. The van der Waals surface area contributed by atoms with Gasteiger partial charge in [0.1, 0.15) is 23.2 Å². The smallest absolute Gasteiger partial charge is 0.240 e. The Morgan fingerprint density at radius 1 is 1.02 bits per heavy atom. The molecule has 0 aliphatic heterocycles. The summed E-state index contributed by atoms with van der Waals surface area (Å²) >= 11 is 7.50. The fourth-order valence-corrected chi connectivity index (χ4v) is 7.14. The molecule has 0 fully saturated rings. The zero-order valence-electron chi connectivity index (χ0n) is 26.0. The van der Waals surface area contributed by atoms with E-state index in [4.69, 9.17) is 16.3 Å². The number of hydrogen-bond donors (Lipinski definition) is 1. The van der Waals surface area contributed by atoms with Gasteiger partial charge in [-0.15, -0.1) is 0 Å². The predicted molar refractivity (Wildman–Crippen MR) is 172 cm³/mol. The largest absolute Gasteiger partial charge is 0.495 e. The van der Waals surface area contributed by atoms with Crippen molar-refractivity contribution in [2.24, 2.45) is 0 Å². The van der Waals surface area contributed by atoms with Gasteiger partial charge in [0.25, 0.3) is 0 Å². The van der Waals surface area contributed by atoms with Gasteiger partial charge in [-0.3, -0.25) is 4.57 Å². The third kappa shape index (κ3) is 8.23. The molecule has 242 valence electrons. The van der Waals surface area contributed by atoms with Crippen LogP contribution in [-0.2, 0) is 21.2 Å². The van der Waals surface area contributed by atoms with E-state index < -0.39 is 37.8 Å². The van der Waals surface area contributed by atoms with E-state index in [1.807, 2.05) is 41.1 Å². The van der Waals surface area contributed by atoms with Gasteiger partial charge in [-0.25, -0.2) is 31.3 Å². The van der Waals surface area contributed by atoms with Crippen molar-refractivity contribution >= 4 is 33.4 Å². The molecule has 7 nitrogen and oxygen atoms in total. The Kier molecular flexibility index (Phi) is 10.7. The molecular formula is C32H37ClF3N4O3S2+. The second-order valence-electron chi connectivity index (χ2n) is 12.1. The number of quaternary nitrogens is 1. The SMILES string of the molecule is COc1ccc(C(C)(C)c2cnc(SCc3c(F)cc(S(=O)(=O)NCCC[N+](C)(C)C)cc3F)n2-c2ccc(F)cc2)cc1Cl. The van der Waals surface area contributed by atoms with Crippen molar-refractivity contribution < 1.29 is 30.8 Å². The molecule has 1 heterocycles. The van der Waals surface area contributed by atoms with Crippen molar-refractivity contribution in [2.75, 3.05) is 41.3 Å². The Morgan fingerprint density at radius 2 is 1.67 bits per heavy atom. The molecule has 4 rings (SSSR count). The molecule has 0 atom stereocenters. The van der Waals surface area contributed by atoms with Gasteiger partial charge in [0.05, 0.1) is 56.6 Å². The number of methoxy groups -OCH3 is 1. The first-order valence-corrected chi connectivity index (χ1v) is 17.0. The van der Waals surface area contributed by atoms with Crippen LogP contribution >= 0.6 is 23.4 Å². The van der Waals surface area contributed by atoms with Crippen LogP contribution in [0.1, 0.15) is 37.1 Å². The summed E-state index contributed by atoms with van der Waals surface area (Å²) < 4.78 is 80.0. The van der Waals surface area contributed by atoms with E-state index in [1.54, 1.807) is 35.0 Å². The summed E-state index contributed by atoms with van der Waals surface area (Å²) in [7, 11) is 3.38. The average molecular weight is 682 g/mol. The third-order valence-corrected chi connectivity index (χ3v) is 10.1. The average Bonchev–Trinajstić information content (AvgIpc) is 3.39. The number of aromatic nitrogens is 2. The first kappa shape index (κ1) is 34.8.